The molecule has 0 aromatic heterocycles. The molecule has 32 valence electrons. The van der Waals surface area contributed by atoms with Crippen LogP contribution in [0.15, 0.2) is 0 Å². The molecule has 1 unspecified atom stereocenters. The van der Waals surface area contributed by atoms with Gasteiger partial charge in [-0.15, -0.1) is 0 Å². The molecular weight excluding hydrogens is 69.0 g/mol. The lowest BCUT2D eigenvalue weighted by molar-refractivity contribution is 2.13. The lowest BCUT2D eigenvalue weighted by Gasteiger charge is -0.344. The highest BCUT2D eigenvalue weighted by atomic mass is 31.0. The summed E-state index contributed by atoms with van der Waals surface area (Å²) in [6, 6.07) is 0. The summed E-state index contributed by atoms with van der Waals surface area (Å²) < 4.78 is 0. The second-order valence-electron chi connectivity index (χ2n) is 0. The molecule has 0 aliphatic heterocycles. The fraction of sp³-hybridized carbons (Fsp3) is 1.00. The molecule has 0 saturated heterocycles. The Balaban J connectivity index is 0. The number of hydrogen-bond donors (Lipinski definition) is 1. The van der Waals surface area contributed by atoms with Crippen LogP contribution in [0.5, 0.6) is 0 Å². The first-order valence-corrected chi connectivity index (χ1v) is 0. The zero-order valence-corrected chi connectivity index (χ0v) is 2.83. The summed E-state index contributed by atoms with van der Waals surface area (Å²) in [5, 5.41) is 0. The van der Waals surface area contributed by atoms with Crippen molar-refractivity contribution >= 4 is 9.90 Å². The van der Waals surface area contributed by atoms with Gasteiger partial charge in [-0.1, -0.05) is 14.9 Å². The van der Waals surface area contributed by atoms with Crippen molar-refractivity contribution in [3.8, 4) is 0 Å². The van der Waals surface area contributed by atoms with E-state index in [0.29, 0.717) is 0 Å². The molecule has 0 amide bonds. The standard InChI is InChI=1S/2CH4.H3N.H3P/h2*1H4;2*1H3. The zero-order chi connectivity index (χ0) is 0. The smallest absolute Gasteiger partial charge is 0.0776 e. The van der Waals surface area contributed by atoms with E-state index in [4.69, 9.17) is 0 Å². The predicted octanol–water partition coefficient (Wildman–Crippen LogP) is 1.49. The van der Waals surface area contributed by atoms with Crippen molar-refractivity contribution in [3.63, 3.8) is 0 Å². The van der Waals surface area contributed by atoms with Gasteiger partial charge in [0.2, 0.25) is 0 Å². The molecule has 0 aromatic carbocycles. The Morgan fingerprint density at radius 2 is 0.750 bits per heavy atom. The van der Waals surface area contributed by atoms with Crippen LogP contribution in [0.3, 0.4) is 0 Å². The van der Waals surface area contributed by atoms with Crippen LogP contribution >= 0.6 is 9.90 Å². The van der Waals surface area contributed by atoms with Crippen LogP contribution in [0.4, 0.5) is 0 Å². The highest BCUT2D eigenvalue weighted by molar-refractivity contribution is 6.92. The largest absolute Gasteiger partial charge is 0.344 e. The Kier molecular flexibility index (Phi) is 10600. The predicted molar refractivity (Wildman–Crippen MR) is 29.6 cm³/mol. The van der Waals surface area contributed by atoms with Gasteiger partial charge in [-0.3, -0.25) is 0 Å². The van der Waals surface area contributed by atoms with Gasteiger partial charge in [-0.2, -0.15) is 9.90 Å². The van der Waals surface area contributed by atoms with E-state index in [0.717, 1.165) is 0 Å². The van der Waals surface area contributed by atoms with E-state index in [2.05, 4.69) is 0 Å². The Bertz CT molecular complexity index is 6.00. The summed E-state index contributed by atoms with van der Waals surface area (Å²) in [4.78, 5) is 0. The van der Waals surface area contributed by atoms with Gasteiger partial charge in [0.1, 0.15) is 0 Å². The maximum atomic E-state index is 0. The van der Waals surface area contributed by atoms with E-state index in [1.165, 1.54) is 0 Å². The monoisotopic (exact) mass is 83.1 g/mol. The molecule has 0 heterocycles. The van der Waals surface area contributed by atoms with Gasteiger partial charge in [-0.05, 0) is 0 Å². The highest BCUT2D eigenvalue weighted by Crippen LogP contribution is 0.861. The van der Waals surface area contributed by atoms with Crippen LogP contribution in [0, 0.1) is 0 Å². The lowest BCUT2D eigenvalue weighted by Crippen LogP contribution is -0.481. The maximum Gasteiger partial charge on any atom is -0.0776 e. The minimum Gasteiger partial charge on any atom is -0.344 e. The Morgan fingerprint density at radius 1 is 0.750 bits per heavy atom. The van der Waals surface area contributed by atoms with Crippen molar-refractivity contribution in [2.45, 2.75) is 14.9 Å². The van der Waals surface area contributed by atoms with E-state index in [9.17, 15) is 0 Å². The first kappa shape index (κ1) is 332. The molecule has 0 rings (SSSR count). The van der Waals surface area contributed by atoms with Gasteiger partial charge in [-0.25, -0.2) is 0 Å². The number of hydrogen-bond acceptors (Lipinski definition) is 1. The molecule has 0 saturated carbocycles. The van der Waals surface area contributed by atoms with Crippen LogP contribution in [-0.4, -0.2) is 0 Å². The summed E-state index contributed by atoms with van der Waals surface area (Å²) in [6.45, 7) is 0. The first-order chi connectivity index (χ1) is 0. The molecule has 2 heteroatoms. The molecule has 1 atom stereocenters. The fourth-order valence-electron chi connectivity index (χ4n) is 0. The van der Waals surface area contributed by atoms with Crippen molar-refractivity contribution < 1.29 is 0 Å². The van der Waals surface area contributed by atoms with Gasteiger partial charge in [0.15, 0.2) is 0 Å². The zero-order valence-electron chi connectivity index (χ0n) is 1.41. The molecule has 0 aliphatic rings. The minimum absolute atomic E-state index is 0. The SMILES string of the molecule is C.C.N.P. The van der Waals surface area contributed by atoms with Crippen LogP contribution in [0.1, 0.15) is 14.9 Å². The molecule has 3 N–H and O–H groups in total. The molecule has 0 fully saturated rings. The highest BCUT2D eigenvalue weighted by Gasteiger charge is -0.0765. The van der Waals surface area contributed by atoms with E-state index < -0.39 is 0 Å². The van der Waals surface area contributed by atoms with Gasteiger partial charge < -0.3 is 6.15 Å². The van der Waals surface area contributed by atoms with Crippen molar-refractivity contribution in [1.82, 2.24) is 6.15 Å². The Labute approximate surface area is 32.0 Å². The van der Waals surface area contributed by atoms with Gasteiger partial charge in [0.25, 0.3) is 0 Å². The van der Waals surface area contributed by atoms with Crippen LogP contribution in [-0.2, 0) is 0 Å². The summed E-state index contributed by atoms with van der Waals surface area (Å²) in [5.74, 6) is 0. The lowest BCUT2D eigenvalue weighted by atomic mass is 12.0. The van der Waals surface area contributed by atoms with Crippen molar-refractivity contribution in [2.24, 2.45) is 0 Å². The van der Waals surface area contributed by atoms with Gasteiger partial charge >= 0.3 is 0 Å². The van der Waals surface area contributed by atoms with Crippen LogP contribution < -0.4 is 6.15 Å². The molecule has 4 heavy (non-hydrogen) atoms. The summed E-state index contributed by atoms with van der Waals surface area (Å²) >= 11 is 0. The average Bonchev–Trinajstić information content (AvgIpc) is 0. The quantitative estimate of drug-likeness (QED) is 0.442. The number of rotatable bonds is 0. The third kappa shape index (κ3) is 30.4. The third-order valence-electron chi connectivity index (χ3n) is 0. The normalized spacial score (nSPS) is 0. The molecule has 0 aromatic rings. The van der Waals surface area contributed by atoms with Crippen LogP contribution in [0.2, 0.25) is 0 Å². The van der Waals surface area contributed by atoms with E-state index in [1.807, 2.05) is 0 Å². The third-order valence-corrected chi connectivity index (χ3v) is 0. The van der Waals surface area contributed by atoms with E-state index in [-0.39, 0.29) is 30.9 Å². The summed E-state index contributed by atoms with van der Waals surface area (Å²) in [7, 11) is 0. The van der Waals surface area contributed by atoms with Gasteiger partial charge in [0.05, 0.1) is 0 Å². The molecule has 0 spiro atoms. The molecule has 0 aliphatic carbocycles. The topological polar surface area (TPSA) is 35.0 Å². The molecule has 0 radical (unpaired) electrons. The molecule has 0 bridgehead atoms. The van der Waals surface area contributed by atoms with E-state index >= 15 is 0 Å². The minimum atomic E-state index is 0. The van der Waals surface area contributed by atoms with Crippen LogP contribution in [0.25, 0.3) is 0 Å². The van der Waals surface area contributed by atoms with Crippen molar-refractivity contribution in [1.29, 1.82) is 0 Å². The average molecular weight is 83.1 g/mol. The van der Waals surface area contributed by atoms with Crippen molar-refractivity contribution in [3.05, 3.63) is 0 Å². The summed E-state index contributed by atoms with van der Waals surface area (Å²) in [5.41, 5.74) is 0. The summed E-state index contributed by atoms with van der Waals surface area (Å²) in [6.07, 6.45) is 0. The molecule has 1 nitrogen and oxygen atoms in total. The first-order valence-electron chi connectivity index (χ1n) is 0. The Hall–Kier alpha value is 0.390. The molecular formula is C2H14NP. The Morgan fingerprint density at radius 3 is 0.750 bits per heavy atom. The second-order valence-corrected chi connectivity index (χ2v) is 0. The van der Waals surface area contributed by atoms with Gasteiger partial charge in [0, 0.05) is 0 Å². The van der Waals surface area contributed by atoms with E-state index in [1.54, 1.807) is 0 Å². The second kappa shape index (κ2) is 127. The maximum absolute atomic E-state index is 0. The van der Waals surface area contributed by atoms with Crippen molar-refractivity contribution in [2.75, 3.05) is 0 Å². The fourth-order valence-corrected chi connectivity index (χ4v) is 0.